The van der Waals surface area contributed by atoms with E-state index in [0.717, 1.165) is 11.1 Å². The molecule has 5 heteroatoms. The van der Waals surface area contributed by atoms with Gasteiger partial charge in [-0.05, 0) is 13.8 Å². The lowest BCUT2D eigenvalue weighted by Gasteiger charge is -2.24. The maximum Gasteiger partial charge on any atom is 0.218 e. The van der Waals surface area contributed by atoms with E-state index < -0.39 is 0 Å². The summed E-state index contributed by atoms with van der Waals surface area (Å²) in [5.41, 5.74) is 0. The van der Waals surface area contributed by atoms with E-state index in [0.29, 0.717) is 18.5 Å². The van der Waals surface area contributed by atoms with Crippen LogP contribution in [0.3, 0.4) is 0 Å². The lowest BCUT2D eigenvalue weighted by molar-refractivity contribution is 0.326. The van der Waals surface area contributed by atoms with Crippen molar-refractivity contribution in [1.82, 2.24) is 9.97 Å². The molecule has 1 atom stereocenters. The molecule has 0 bridgehead atoms. The maximum atomic E-state index is 5.32. The average molecular weight is 274 g/mol. The predicted molar refractivity (Wildman–Crippen MR) is 64.9 cm³/mol. The van der Waals surface area contributed by atoms with Gasteiger partial charge in [0.2, 0.25) is 5.88 Å². The van der Waals surface area contributed by atoms with Crippen LogP contribution in [0.2, 0.25) is 0 Å². The van der Waals surface area contributed by atoms with Gasteiger partial charge in [-0.3, -0.25) is 0 Å². The number of rotatable bonds is 5. The van der Waals surface area contributed by atoms with Crippen LogP contribution in [0.5, 0.6) is 5.88 Å². The lowest BCUT2D eigenvalue weighted by Crippen LogP contribution is -2.30. The Labute approximate surface area is 98.8 Å². The molecule has 15 heavy (non-hydrogen) atoms. The third-order valence-corrected chi connectivity index (χ3v) is 3.10. The number of alkyl halides is 1. The number of hydrogen-bond donors (Lipinski definition) is 0. The van der Waals surface area contributed by atoms with Gasteiger partial charge in [-0.1, -0.05) is 15.9 Å². The van der Waals surface area contributed by atoms with Gasteiger partial charge in [0.15, 0.2) is 0 Å². The summed E-state index contributed by atoms with van der Waals surface area (Å²) < 4.78 is 5.32. The van der Waals surface area contributed by atoms with Gasteiger partial charge in [0.1, 0.15) is 12.1 Å². The van der Waals surface area contributed by atoms with Crippen LogP contribution >= 0.6 is 15.9 Å². The van der Waals surface area contributed by atoms with Crippen molar-refractivity contribution in [2.24, 2.45) is 0 Å². The van der Waals surface area contributed by atoms with E-state index in [1.807, 2.05) is 20.0 Å². The van der Waals surface area contributed by atoms with Gasteiger partial charge >= 0.3 is 0 Å². The molecule has 0 N–H and O–H groups in total. The molecule has 1 unspecified atom stereocenters. The first-order chi connectivity index (χ1) is 7.19. The number of halogens is 1. The molecule has 4 nitrogen and oxygen atoms in total. The van der Waals surface area contributed by atoms with Crippen LogP contribution in [0.25, 0.3) is 0 Å². The van der Waals surface area contributed by atoms with Crippen LogP contribution in [0, 0.1) is 0 Å². The van der Waals surface area contributed by atoms with Crippen molar-refractivity contribution in [2.75, 3.05) is 23.9 Å². The Kier molecular flexibility index (Phi) is 4.81. The summed E-state index contributed by atoms with van der Waals surface area (Å²) in [4.78, 5) is 10.3. The molecule has 0 amide bonds. The number of anilines is 1. The summed E-state index contributed by atoms with van der Waals surface area (Å²) in [5.74, 6) is 1.50. The Balaban J connectivity index is 2.80. The smallest absolute Gasteiger partial charge is 0.218 e. The zero-order chi connectivity index (χ0) is 11.3. The second kappa shape index (κ2) is 5.90. The van der Waals surface area contributed by atoms with E-state index in [2.05, 4.69) is 37.7 Å². The molecule has 0 aliphatic rings. The van der Waals surface area contributed by atoms with Crippen LogP contribution in [-0.2, 0) is 0 Å². The fourth-order valence-electron chi connectivity index (χ4n) is 1.08. The van der Waals surface area contributed by atoms with E-state index >= 15 is 0 Å². The second-order valence-electron chi connectivity index (χ2n) is 3.26. The lowest BCUT2D eigenvalue weighted by atomic mass is 10.3. The van der Waals surface area contributed by atoms with Gasteiger partial charge in [0.05, 0.1) is 6.61 Å². The first-order valence-electron chi connectivity index (χ1n) is 4.92. The SMILES string of the molecule is CCOc1cc(N(C)C(C)CBr)ncn1. The normalized spacial score (nSPS) is 12.3. The largest absolute Gasteiger partial charge is 0.478 e. The van der Waals surface area contributed by atoms with Crippen molar-refractivity contribution in [3.63, 3.8) is 0 Å². The number of ether oxygens (including phenoxy) is 1. The summed E-state index contributed by atoms with van der Waals surface area (Å²) in [6, 6.07) is 2.23. The maximum absolute atomic E-state index is 5.32. The van der Waals surface area contributed by atoms with Gasteiger partial charge in [0.25, 0.3) is 0 Å². The minimum Gasteiger partial charge on any atom is -0.478 e. The summed E-state index contributed by atoms with van der Waals surface area (Å²) >= 11 is 3.45. The molecular weight excluding hydrogens is 258 g/mol. The summed E-state index contributed by atoms with van der Waals surface area (Å²) in [5, 5.41) is 0.900. The molecule has 0 aliphatic heterocycles. The molecular formula is C10H16BrN3O. The summed E-state index contributed by atoms with van der Waals surface area (Å²) in [6.45, 7) is 4.68. The quantitative estimate of drug-likeness (QED) is 0.771. The Morgan fingerprint density at radius 3 is 2.87 bits per heavy atom. The van der Waals surface area contributed by atoms with Gasteiger partial charge in [-0.25, -0.2) is 9.97 Å². The van der Waals surface area contributed by atoms with Crippen molar-refractivity contribution in [3.05, 3.63) is 12.4 Å². The molecule has 1 rings (SSSR count). The Bertz CT molecular complexity index is 308. The minimum atomic E-state index is 0.384. The molecule has 0 aliphatic carbocycles. The molecule has 84 valence electrons. The van der Waals surface area contributed by atoms with Gasteiger partial charge in [0, 0.05) is 24.5 Å². The second-order valence-corrected chi connectivity index (χ2v) is 3.91. The van der Waals surface area contributed by atoms with Gasteiger partial charge < -0.3 is 9.64 Å². The van der Waals surface area contributed by atoms with E-state index in [4.69, 9.17) is 4.74 Å². The topological polar surface area (TPSA) is 38.2 Å². The fourth-order valence-corrected chi connectivity index (χ4v) is 1.51. The van der Waals surface area contributed by atoms with Crippen molar-refractivity contribution in [1.29, 1.82) is 0 Å². The van der Waals surface area contributed by atoms with Crippen LogP contribution in [0.4, 0.5) is 5.82 Å². The van der Waals surface area contributed by atoms with Crippen molar-refractivity contribution >= 4 is 21.7 Å². The Hall–Kier alpha value is -0.840. The number of nitrogens with zero attached hydrogens (tertiary/aromatic N) is 3. The predicted octanol–water partition coefficient (Wildman–Crippen LogP) is 2.09. The van der Waals surface area contributed by atoms with E-state index in [1.165, 1.54) is 6.33 Å². The molecule has 0 spiro atoms. The van der Waals surface area contributed by atoms with Crippen LogP contribution in [-0.4, -0.2) is 35.0 Å². The first-order valence-corrected chi connectivity index (χ1v) is 6.04. The van der Waals surface area contributed by atoms with Crippen molar-refractivity contribution < 1.29 is 4.74 Å². The third kappa shape index (κ3) is 3.34. The monoisotopic (exact) mass is 273 g/mol. The molecule has 0 aromatic carbocycles. The van der Waals surface area contributed by atoms with Gasteiger partial charge in [-0.15, -0.1) is 0 Å². The highest BCUT2D eigenvalue weighted by Crippen LogP contribution is 2.16. The van der Waals surface area contributed by atoms with Crippen LogP contribution in [0.1, 0.15) is 13.8 Å². The first kappa shape index (κ1) is 12.2. The van der Waals surface area contributed by atoms with E-state index in [-0.39, 0.29) is 0 Å². The van der Waals surface area contributed by atoms with E-state index in [9.17, 15) is 0 Å². The molecule has 0 fully saturated rings. The fraction of sp³-hybridized carbons (Fsp3) is 0.600. The molecule has 0 saturated carbocycles. The molecule has 0 saturated heterocycles. The zero-order valence-corrected chi connectivity index (χ0v) is 10.9. The Morgan fingerprint density at radius 2 is 2.27 bits per heavy atom. The van der Waals surface area contributed by atoms with Gasteiger partial charge in [-0.2, -0.15) is 0 Å². The highest BCUT2D eigenvalue weighted by molar-refractivity contribution is 9.09. The summed E-state index contributed by atoms with van der Waals surface area (Å²) in [7, 11) is 2.00. The number of hydrogen-bond acceptors (Lipinski definition) is 4. The van der Waals surface area contributed by atoms with Crippen LogP contribution in [0.15, 0.2) is 12.4 Å². The number of aromatic nitrogens is 2. The van der Waals surface area contributed by atoms with Crippen LogP contribution < -0.4 is 9.64 Å². The van der Waals surface area contributed by atoms with E-state index in [1.54, 1.807) is 0 Å². The zero-order valence-electron chi connectivity index (χ0n) is 9.27. The summed E-state index contributed by atoms with van der Waals surface area (Å²) in [6.07, 6.45) is 1.53. The van der Waals surface area contributed by atoms with Crippen molar-refractivity contribution in [3.8, 4) is 5.88 Å². The molecule has 0 radical (unpaired) electrons. The third-order valence-electron chi connectivity index (χ3n) is 2.17. The Morgan fingerprint density at radius 1 is 1.53 bits per heavy atom. The highest BCUT2D eigenvalue weighted by atomic mass is 79.9. The standard InChI is InChI=1S/C10H16BrN3O/c1-4-15-10-5-9(12-7-13-10)14(3)8(2)6-11/h5,7-8H,4,6H2,1-3H3. The molecule has 1 aromatic rings. The molecule has 1 heterocycles. The average Bonchev–Trinajstić information content (AvgIpc) is 2.28. The highest BCUT2D eigenvalue weighted by Gasteiger charge is 2.10. The minimum absolute atomic E-state index is 0.384. The molecule has 1 aromatic heterocycles. The van der Waals surface area contributed by atoms with Crippen molar-refractivity contribution in [2.45, 2.75) is 19.9 Å².